The lowest BCUT2D eigenvalue weighted by Crippen LogP contribution is -2.58. The molecule has 8 nitrogen and oxygen atoms in total. The highest BCUT2D eigenvalue weighted by atomic mass is 16.6. The molecule has 0 aromatic carbocycles. The molecule has 2 aliphatic rings. The minimum atomic E-state index is -1.06. The van der Waals surface area contributed by atoms with Gasteiger partial charge in [0.15, 0.2) is 11.9 Å². The molecule has 1 saturated carbocycles. The summed E-state index contributed by atoms with van der Waals surface area (Å²) in [4.78, 5) is 8.44. The molecule has 8 heteroatoms. The normalized spacial score (nSPS) is 39.0. The second-order valence-electron chi connectivity index (χ2n) is 5.90. The number of aliphatic hydroxyl groups excluding tert-OH is 2. The summed E-state index contributed by atoms with van der Waals surface area (Å²) in [6.07, 6.45) is 1.38. The zero-order valence-electron chi connectivity index (χ0n) is 11.3. The number of nitrogens with zero attached hydrogens (tertiary/aromatic N) is 3. The van der Waals surface area contributed by atoms with Crippen LogP contribution < -0.4 is 11.5 Å². The maximum Gasteiger partial charge on any atom is 0.166 e. The molecule has 3 heterocycles. The SMILES string of the molecule is Nc1ccnc2c1ncn2[C@@H]1OC2(CC(N)C2)C(O)[C@@H]1O. The molecule has 0 amide bonds. The van der Waals surface area contributed by atoms with Crippen LogP contribution in [0.5, 0.6) is 0 Å². The number of hydrogen-bond donors (Lipinski definition) is 4. The van der Waals surface area contributed by atoms with Crippen molar-refractivity contribution in [3.05, 3.63) is 18.6 Å². The summed E-state index contributed by atoms with van der Waals surface area (Å²) in [7, 11) is 0. The molecule has 4 rings (SSSR count). The summed E-state index contributed by atoms with van der Waals surface area (Å²) in [5.41, 5.74) is 12.5. The Hall–Kier alpha value is -1.74. The smallest absolute Gasteiger partial charge is 0.166 e. The van der Waals surface area contributed by atoms with E-state index in [-0.39, 0.29) is 6.04 Å². The van der Waals surface area contributed by atoms with Crippen molar-refractivity contribution in [2.45, 2.75) is 42.9 Å². The third-order valence-electron chi connectivity index (χ3n) is 4.49. The van der Waals surface area contributed by atoms with Gasteiger partial charge in [-0.2, -0.15) is 0 Å². The number of aliphatic hydroxyl groups is 2. The summed E-state index contributed by atoms with van der Waals surface area (Å²) >= 11 is 0. The lowest BCUT2D eigenvalue weighted by Gasteiger charge is -2.44. The predicted octanol–water partition coefficient (Wildman–Crippen LogP) is -0.876. The van der Waals surface area contributed by atoms with Gasteiger partial charge in [-0.25, -0.2) is 9.97 Å². The minimum Gasteiger partial charge on any atom is -0.397 e. The van der Waals surface area contributed by atoms with Crippen LogP contribution in [0.3, 0.4) is 0 Å². The van der Waals surface area contributed by atoms with Crippen LogP contribution >= 0.6 is 0 Å². The second-order valence-corrected chi connectivity index (χ2v) is 5.90. The van der Waals surface area contributed by atoms with Gasteiger partial charge in [-0.15, -0.1) is 0 Å². The second kappa shape index (κ2) is 4.14. The monoisotopic (exact) mass is 291 g/mol. The molecule has 3 atom stereocenters. The van der Waals surface area contributed by atoms with Gasteiger partial charge >= 0.3 is 0 Å². The van der Waals surface area contributed by atoms with Crippen molar-refractivity contribution in [3.8, 4) is 0 Å². The van der Waals surface area contributed by atoms with Crippen molar-refractivity contribution in [2.24, 2.45) is 5.73 Å². The van der Waals surface area contributed by atoms with E-state index in [2.05, 4.69) is 9.97 Å². The number of nitrogens with two attached hydrogens (primary N) is 2. The molecule has 1 saturated heterocycles. The number of pyridine rings is 1. The zero-order valence-corrected chi connectivity index (χ0v) is 11.3. The van der Waals surface area contributed by atoms with Crippen LogP contribution in [-0.4, -0.2) is 48.6 Å². The van der Waals surface area contributed by atoms with Gasteiger partial charge in [0.1, 0.15) is 23.3 Å². The lowest BCUT2D eigenvalue weighted by atomic mass is 9.72. The maximum absolute atomic E-state index is 10.3. The van der Waals surface area contributed by atoms with Crippen molar-refractivity contribution >= 4 is 16.9 Å². The summed E-state index contributed by atoms with van der Waals surface area (Å²) in [5.74, 6) is 0. The molecule has 2 aromatic heterocycles. The summed E-state index contributed by atoms with van der Waals surface area (Å²) < 4.78 is 7.54. The van der Waals surface area contributed by atoms with E-state index in [0.717, 1.165) is 0 Å². The highest BCUT2D eigenvalue weighted by Gasteiger charge is 2.60. The molecule has 2 aromatic rings. The Morgan fingerprint density at radius 2 is 2.10 bits per heavy atom. The molecule has 1 spiro atoms. The van der Waals surface area contributed by atoms with Crippen molar-refractivity contribution in [1.82, 2.24) is 14.5 Å². The molecule has 6 N–H and O–H groups in total. The topological polar surface area (TPSA) is 132 Å². The van der Waals surface area contributed by atoms with Crippen LogP contribution in [0.4, 0.5) is 5.69 Å². The third-order valence-corrected chi connectivity index (χ3v) is 4.49. The van der Waals surface area contributed by atoms with Crippen LogP contribution in [0, 0.1) is 0 Å². The molecule has 1 aliphatic heterocycles. The number of nitrogen functional groups attached to an aromatic ring is 1. The Labute approximate surface area is 120 Å². The number of anilines is 1. The van der Waals surface area contributed by atoms with Crippen LogP contribution in [0.1, 0.15) is 19.1 Å². The molecule has 0 bridgehead atoms. The molecular weight excluding hydrogens is 274 g/mol. The van der Waals surface area contributed by atoms with E-state index in [9.17, 15) is 10.2 Å². The molecule has 1 aliphatic carbocycles. The van der Waals surface area contributed by atoms with Crippen molar-refractivity contribution < 1.29 is 14.9 Å². The molecule has 0 radical (unpaired) electrons. The molecule has 21 heavy (non-hydrogen) atoms. The fourth-order valence-corrected chi connectivity index (χ4v) is 3.37. The summed E-state index contributed by atoms with van der Waals surface area (Å²) in [5, 5.41) is 20.6. The van der Waals surface area contributed by atoms with E-state index >= 15 is 0 Å². The van der Waals surface area contributed by atoms with Crippen LogP contribution in [0.2, 0.25) is 0 Å². The zero-order chi connectivity index (χ0) is 14.8. The first kappa shape index (κ1) is 13.0. The number of fused-ring (bicyclic) bond motifs is 1. The van der Waals surface area contributed by atoms with Crippen LogP contribution in [0.15, 0.2) is 18.6 Å². The first-order valence-electron chi connectivity index (χ1n) is 6.88. The van der Waals surface area contributed by atoms with E-state index in [1.54, 1.807) is 16.8 Å². The van der Waals surface area contributed by atoms with Crippen molar-refractivity contribution in [1.29, 1.82) is 0 Å². The first-order chi connectivity index (χ1) is 10.0. The standard InChI is InChI=1S/C13H17N5O3/c14-6-3-13(4-6)10(20)9(19)12(21-13)18-5-17-8-7(15)1-2-16-11(8)18/h1-2,5-6,9-10,12,19-20H,3-4,14H2,(H2,15,16)/t6?,9-,10?,12+,13?/m0/s1. The van der Waals surface area contributed by atoms with Gasteiger partial charge in [0, 0.05) is 12.2 Å². The van der Waals surface area contributed by atoms with Gasteiger partial charge in [-0.05, 0) is 18.9 Å². The average molecular weight is 291 g/mol. The van der Waals surface area contributed by atoms with Gasteiger partial charge in [-0.3, -0.25) is 4.57 Å². The number of imidazole rings is 1. The van der Waals surface area contributed by atoms with Crippen molar-refractivity contribution in [3.63, 3.8) is 0 Å². The van der Waals surface area contributed by atoms with E-state index in [1.807, 2.05) is 0 Å². The Balaban J connectivity index is 1.74. The fourth-order valence-electron chi connectivity index (χ4n) is 3.37. The lowest BCUT2D eigenvalue weighted by molar-refractivity contribution is -0.153. The Kier molecular flexibility index (Phi) is 2.55. The van der Waals surface area contributed by atoms with E-state index in [0.29, 0.717) is 29.7 Å². The summed E-state index contributed by atoms with van der Waals surface area (Å²) in [6.45, 7) is 0. The first-order valence-corrected chi connectivity index (χ1v) is 6.88. The highest BCUT2D eigenvalue weighted by Crippen LogP contribution is 2.48. The quantitative estimate of drug-likeness (QED) is 0.536. The van der Waals surface area contributed by atoms with Gasteiger partial charge in [0.05, 0.1) is 12.0 Å². The average Bonchev–Trinajstić information content (AvgIpc) is 2.95. The molecule has 112 valence electrons. The Morgan fingerprint density at radius 1 is 1.33 bits per heavy atom. The van der Waals surface area contributed by atoms with Gasteiger partial charge in [-0.1, -0.05) is 0 Å². The van der Waals surface area contributed by atoms with Gasteiger partial charge < -0.3 is 26.4 Å². The molecule has 1 unspecified atom stereocenters. The minimum absolute atomic E-state index is 0.00102. The number of aromatic nitrogens is 3. The maximum atomic E-state index is 10.3. The number of rotatable bonds is 1. The molecular formula is C13H17N5O3. The third kappa shape index (κ3) is 1.64. The predicted molar refractivity (Wildman–Crippen MR) is 74.0 cm³/mol. The van der Waals surface area contributed by atoms with Crippen LogP contribution in [-0.2, 0) is 4.74 Å². The molecule has 2 fully saturated rings. The van der Waals surface area contributed by atoms with Crippen molar-refractivity contribution in [2.75, 3.05) is 5.73 Å². The Morgan fingerprint density at radius 3 is 2.81 bits per heavy atom. The van der Waals surface area contributed by atoms with E-state index < -0.39 is 24.0 Å². The fraction of sp³-hybridized carbons (Fsp3) is 0.538. The highest BCUT2D eigenvalue weighted by molar-refractivity contribution is 5.83. The van der Waals surface area contributed by atoms with E-state index in [1.165, 1.54) is 6.33 Å². The van der Waals surface area contributed by atoms with Crippen LogP contribution in [0.25, 0.3) is 11.2 Å². The van der Waals surface area contributed by atoms with E-state index in [4.69, 9.17) is 16.2 Å². The Bertz CT molecular complexity index is 696. The number of hydrogen-bond acceptors (Lipinski definition) is 7. The van der Waals surface area contributed by atoms with Gasteiger partial charge in [0.25, 0.3) is 0 Å². The summed E-state index contributed by atoms with van der Waals surface area (Å²) in [6, 6.07) is 1.66. The van der Waals surface area contributed by atoms with Gasteiger partial charge in [0.2, 0.25) is 0 Å². The number of ether oxygens (including phenoxy) is 1. The largest absolute Gasteiger partial charge is 0.397 e.